The zero-order valence-corrected chi connectivity index (χ0v) is 13.4. The SMILES string of the molecule is CCCNC(c1cccc(C)c1C)C1CCC(F)(F)CC1. The molecule has 1 unspecified atom stereocenters. The largest absolute Gasteiger partial charge is 0.310 e. The standard InChI is InChI=1S/C18H27F2N/c1-4-12-21-17(15-8-10-18(19,20)11-9-15)16-7-5-6-13(2)14(16)3/h5-7,15,17,21H,4,8-12H2,1-3H3. The summed E-state index contributed by atoms with van der Waals surface area (Å²) >= 11 is 0. The van der Waals surface area contributed by atoms with E-state index in [0.717, 1.165) is 13.0 Å². The number of hydrogen-bond donors (Lipinski definition) is 1. The second kappa shape index (κ2) is 6.87. The van der Waals surface area contributed by atoms with Crippen molar-refractivity contribution in [1.29, 1.82) is 0 Å². The first-order chi connectivity index (χ1) is 9.94. The van der Waals surface area contributed by atoms with Gasteiger partial charge in [-0.05, 0) is 62.3 Å². The van der Waals surface area contributed by atoms with Gasteiger partial charge < -0.3 is 5.32 Å². The predicted octanol–water partition coefficient (Wildman–Crippen LogP) is 5.17. The second-order valence-corrected chi connectivity index (χ2v) is 6.41. The normalized spacial score (nSPS) is 20.4. The van der Waals surface area contributed by atoms with E-state index in [1.807, 2.05) is 0 Å². The van der Waals surface area contributed by atoms with Gasteiger partial charge >= 0.3 is 0 Å². The summed E-state index contributed by atoms with van der Waals surface area (Å²) in [6.45, 7) is 7.33. The van der Waals surface area contributed by atoms with E-state index in [4.69, 9.17) is 0 Å². The molecular formula is C18H27F2N. The van der Waals surface area contributed by atoms with E-state index in [-0.39, 0.29) is 18.9 Å². The van der Waals surface area contributed by atoms with Gasteiger partial charge in [-0.1, -0.05) is 25.1 Å². The maximum Gasteiger partial charge on any atom is 0.248 e. The first-order valence-electron chi connectivity index (χ1n) is 8.12. The van der Waals surface area contributed by atoms with E-state index < -0.39 is 5.92 Å². The van der Waals surface area contributed by atoms with Gasteiger partial charge in [-0.25, -0.2) is 8.78 Å². The molecule has 1 aromatic rings. The van der Waals surface area contributed by atoms with Crippen molar-refractivity contribution in [2.45, 2.75) is 64.8 Å². The van der Waals surface area contributed by atoms with Gasteiger partial charge in [0.2, 0.25) is 5.92 Å². The Morgan fingerprint density at radius 1 is 1.24 bits per heavy atom. The Balaban J connectivity index is 2.20. The summed E-state index contributed by atoms with van der Waals surface area (Å²) in [7, 11) is 0. The fourth-order valence-corrected chi connectivity index (χ4v) is 3.34. The molecule has 1 atom stereocenters. The van der Waals surface area contributed by atoms with E-state index in [0.29, 0.717) is 18.8 Å². The molecule has 1 nitrogen and oxygen atoms in total. The van der Waals surface area contributed by atoms with Crippen LogP contribution >= 0.6 is 0 Å². The quantitative estimate of drug-likeness (QED) is 0.790. The molecule has 0 amide bonds. The monoisotopic (exact) mass is 295 g/mol. The average molecular weight is 295 g/mol. The van der Waals surface area contributed by atoms with E-state index in [2.05, 4.69) is 44.3 Å². The van der Waals surface area contributed by atoms with E-state index in [9.17, 15) is 8.78 Å². The lowest BCUT2D eigenvalue weighted by molar-refractivity contribution is -0.0497. The topological polar surface area (TPSA) is 12.0 Å². The number of nitrogens with one attached hydrogen (secondary N) is 1. The third kappa shape index (κ3) is 4.03. The average Bonchev–Trinajstić information content (AvgIpc) is 2.44. The Kier molecular flexibility index (Phi) is 5.37. The van der Waals surface area contributed by atoms with Crippen molar-refractivity contribution in [1.82, 2.24) is 5.32 Å². The van der Waals surface area contributed by atoms with E-state index in [1.54, 1.807) is 0 Å². The molecule has 21 heavy (non-hydrogen) atoms. The van der Waals surface area contributed by atoms with Gasteiger partial charge in [0.15, 0.2) is 0 Å². The van der Waals surface area contributed by atoms with Crippen LogP contribution in [0.25, 0.3) is 0 Å². The smallest absolute Gasteiger partial charge is 0.248 e. The van der Waals surface area contributed by atoms with Crippen LogP contribution in [0.1, 0.15) is 61.8 Å². The lowest BCUT2D eigenvalue weighted by Gasteiger charge is -2.35. The van der Waals surface area contributed by atoms with Crippen LogP contribution in [0, 0.1) is 19.8 Å². The number of hydrogen-bond acceptors (Lipinski definition) is 1. The molecule has 0 aromatic heterocycles. The summed E-state index contributed by atoms with van der Waals surface area (Å²) in [5.41, 5.74) is 3.86. The summed E-state index contributed by atoms with van der Waals surface area (Å²) < 4.78 is 26.8. The molecule has 3 heteroatoms. The molecule has 1 N–H and O–H groups in total. The highest BCUT2D eigenvalue weighted by Crippen LogP contribution is 2.42. The van der Waals surface area contributed by atoms with Crippen molar-refractivity contribution in [2.75, 3.05) is 6.54 Å². The zero-order chi connectivity index (χ0) is 15.5. The number of aryl methyl sites for hydroxylation is 1. The molecule has 1 aliphatic rings. The van der Waals surface area contributed by atoms with Gasteiger partial charge in [0.1, 0.15) is 0 Å². The van der Waals surface area contributed by atoms with Crippen LogP contribution in [0.4, 0.5) is 8.78 Å². The number of alkyl halides is 2. The summed E-state index contributed by atoms with van der Waals surface area (Å²) in [5, 5.41) is 3.61. The minimum absolute atomic E-state index is 0.0346. The van der Waals surface area contributed by atoms with Gasteiger partial charge in [0.25, 0.3) is 0 Å². The van der Waals surface area contributed by atoms with Crippen molar-refractivity contribution in [2.24, 2.45) is 5.92 Å². The lowest BCUT2D eigenvalue weighted by Crippen LogP contribution is -2.35. The summed E-state index contributed by atoms with van der Waals surface area (Å²) in [6.07, 6.45) is 2.35. The van der Waals surface area contributed by atoms with Gasteiger partial charge in [-0.3, -0.25) is 0 Å². The van der Waals surface area contributed by atoms with Crippen LogP contribution in [0.5, 0.6) is 0 Å². The Hall–Kier alpha value is -0.960. The molecule has 0 heterocycles. The summed E-state index contributed by atoms with van der Waals surface area (Å²) in [4.78, 5) is 0. The molecule has 0 aliphatic heterocycles. The molecule has 0 saturated heterocycles. The highest BCUT2D eigenvalue weighted by Gasteiger charge is 2.38. The third-order valence-corrected chi connectivity index (χ3v) is 4.83. The van der Waals surface area contributed by atoms with Crippen LogP contribution in [-0.2, 0) is 0 Å². The first-order valence-corrected chi connectivity index (χ1v) is 8.12. The highest BCUT2D eigenvalue weighted by atomic mass is 19.3. The molecule has 1 aliphatic carbocycles. The second-order valence-electron chi connectivity index (χ2n) is 6.41. The van der Waals surface area contributed by atoms with Crippen LogP contribution < -0.4 is 5.32 Å². The Morgan fingerprint density at radius 3 is 2.52 bits per heavy atom. The van der Waals surface area contributed by atoms with E-state index in [1.165, 1.54) is 16.7 Å². The molecule has 0 spiro atoms. The maximum atomic E-state index is 13.4. The number of halogens is 2. The van der Waals surface area contributed by atoms with Gasteiger partial charge in [-0.15, -0.1) is 0 Å². The first kappa shape index (κ1) is 16.4. The van der Waals surface area contributed by atoms with Crippen molar-refractivity contribution >= 4 is 0 Å². The van der Waals surface area contributed by atoms with Crippen LogP contribution in [0.15, 0.2) is 18.2 Å². The van der Waals surface area contributed by atoms with Crippen LogP contribution in [-0.4, -0.2) is 12.5 Å². The Labute approximate surface area is 127 Å². The van der Waals surface area contributed by atoms with Gasteiger partial charge in [0, 0.05) is 18.9 Å². The Morgan fingerprint density at radius 2 is 1.90 bits per heavy atom. The Bertz CT molecular complexity index is 460. The minimum atomic E-state index is -2.45. The molecule has 1 fully saturated rings. The van der Waals surface area contributed by atoms with Gasteiger partial charge in [-0.2, -0.15) is 0 Å². The zero-order valence-electron chi connectivity index (χ0n) is 13.4. The number of benzene rings is 1. The van der Waals surface area contributed by atoms with E-state index >= 15 is 0 Å². The van der Waals surface area contributed by atoms with Crippen molar-refractivity contribution in [3.05, 3.63) is 34.9 Å². The molecular weight excluding hydrogens is 268 g/mol. The van der Waals surface area contributed by atoms with Crippen molar-refractivity contribution in [3.63, 3.8) is 0 Å². The summed E-state index contributed by atoms with van der Waals surface area (Å²) in [5.74, 6) is -2.13. The van der Waals surface area contributed by atoms with Crippen molar-refractivity contribution in [3.8, 4) is 0 Å². The summed E-state index contributed by atoms with van der Waals surface area (Å²) in [6, 6.07) is 6.56. The van der Waals surface area contributed by atoms with Crippen LogP contribution in [0.2, 0.25) is 0 Å². The highest BCUT2D eigenvalue weighted by molar-refractivity contribution is 5.35. The van der Waals surface area contributed by atoms with Crippen molar-refractivity contribution < 1.29 is 8.78 Å². The maximum absolute atomic E-state index is 13.4. The molecule has 118 valence electrons. The predicted molar refractivity (Wildman–Crippen MR) is 83.9 cm³/mol. The number of rotatable bonds is 5. The van der Waals surface area contributed by atoms with Crippen LogP contribution in [0.3, 0.4) is 0 Å². The fraction of sp³-hybridized carbons (Fsp3) is 0.667. The fourth-order valence-electron chi connectivity index (χ4n) is 3.34. The molecule has 1 aromatic carbocycles. The lowest BCUT2D eigenvalue weighted by atomic mass is 9.78. The minimum Gasteiger partial charge on any atom is -0.310 e. The molecule has 1 saturated carbocycles. The third-order valence-electron chi connectivity index (χ3n) is 4.83. The van der Waals surface area contributed by atoms with Gasteiger partial charge in [0.05, 0.1) is 0 Å². The molecule has 0 bridgehead atoms. The molecule has 0 radical (unpaired) electrons. The molecule has 2 rings (SSSR count).